The molecule has 8 heteroatoms. The number of anilines is 2. The third-order valence-corrected chi connectivity index (χ3v) is 7.72. The summed E-state index contributed by atoms with van der Waals surface area (Å²) in [6, 6.07) is 16.0. The van der Waals surface area contributed by atoms with Crippen molar-refractivity contribution in [2.45, 2.75) is 31.7 Å². The Bertz CT molecular complexity index is 1250. The fourth-order valence-electron chi connectivity index (χ4n) is 5.93. The zero-order valence-corrected chi connectivity index (χ0v) is 19.8. The van der Waals surface area contributed by atoms with E-state index in [0.29, 0.717) is 17.8 Å². The van der Waals surface area contributed by atoms with Crippen LogP contribution in [0, 0.1) is 11.3 Å². The molecule has 2 fully saturated rings. The van der Waals surface area contributed by atoms with Gasteiger partial charge >= 0.3 is 0 Å². The van der Waals surface area contributed by atoms with Crippen LogP contribution in [0.15, 0.2) is 42.6 Å². The van der Waals surface area contributed by atoms with Gasteiger partial charge < -0.3 is 19.9 Å². The van der Waals surface area contributed by atoms with Crippen LogP contribution < -0.4 is 15.1 Å². The second-order valence-corrected chi connectivity index (χ2v) is 9.68. The van der Waals surface area contributed by atoms with E-state index in [9.17, 15) is 5.26 Å². The Hall–Kier alpha value is -3.12. The number of nitrogens with one attached hydrogen (secondary N) is 1. The lowest BCUT2D eigenvalue weighted by Crippen LogP contribution is -2.51. The van der Waals surface area contributed by atoms with Gasteiger partial charge in [-0.3, -0.25) is 4.90 Å². The van der Waals surface area contributed by atoms with Crippen LogP contribution in [0.1, 0.15) is 29.8 Å². The topological polar surface area (TPSA) is 72.1 Å². The first kappa shape index (κ1) is 21.4. The fraction of sp³-hybridized carbons (Fsp3) is 0.462. The maximum Gasteiger partial charge on any atom is 0.142 e. The van der Waals surface area contributed by atoms with Crippen LogP contribution in [0.2, 0.25) is 0 Å². The third-order valence-electron chi connectivity index (χ3n) is 7.72. The maximum atomic E-state index is 9.45. The SMILES string of the molecule is COC1CNCCN(c2ccc3c(c2)CN2[C@H](C)CN(c4ccc(C#N)n5nccc45)C[C@H]32)C1. The summed E-state index contributed by atoms with van der Waals surface area (Å²) >= 11 is 0. The molecule has 0 spiro atoms. The number of rotatable bonds is 3. The summed E-state index contributed by atoms with van der Waals surface area (Å²) in [6.07, 6.45) is 1.99. The van der Waals surface area contributed by atoms with Crippen LogP contribution in [-0.2, 0) is 11.3 Å². The van der Waals surface area contributed by atoms with Gasteiger partial charge in [-0.05, 0) is 48.4 Å². The van der Waals surface area contributed by atoms with Gasteiger partial charge in [0.05, 0.1) is 29.5 Å². The normalized spacial score (nSPS) is 25.1. The number of nitriles is 1. The highest BCUT2D eigenvalue weighted by molar-refractivity contribution is 5.74. The molecule has 1 unspecified atom stereocenters. The molecule has 2 saturated heterocycles. The molecule has 1 N–H and O–H groups in total. The van der Waals surface area contributed by atoms with Crippen molar-refractivity contribution in [2.24, 2.45) is 0 Å². The van der Waals surface area contributed by atoms with E-state index in [-0.39, 0.29) is 6.10 Å². The summed E-state index contributed by atoms with van der Waals surface area (Å²) in [5, 5.41) is 17.3. The number of benzene rings is 1. The summed E-state index contributed by atoms with van der Waals surface area (Å²) in [6.45, 7) is 9.01. The van der Waals surface area contributed by atoms with Crippen molar-refractivity contribution in [3.63, 3.8) is 0 Å². The highest BCUT2D eigenvalue weighted by atomic mass is 16.5. The number of hydrogen-bond acceptors (Lipinski definition) is 7. The molecule has 0 aliphatic carbocycles. The Labute approximate surface area is 200 Å². The van der Waals surface area contributed by atoms with Gasteiger partial charge in [-0.2, -0.15) is 10.4 Å². The molecule has 3 aromatic rings. The van der Waals surface area contributed by atoms with Gasteiger partial charge in [0.25, 0.3) is 0 Å². The molecule has 0 saturated carbocycles. The molecule has 3 aliphatic rings. The third kappa shape index (κ3) is 3.52. The molecule has 34 heavy (non-hydrogen) atoms. The summed E-state index contributed by atoms with van der Waals surface area (Å²) in [7, 11) is 1.80. The van der Waals surface area contributed by atoms with Crippen molar-refractivity contribution in [3.05, 3.63) is 59.4 Å². The summed E-state index contributed by atoms with van der Waals surface area (Å²) in [5.74, 6) is 0. The second kappa shape index (κ2) is 8.58. The van der Waals surface area contributed by atoms with E-state index in [1.54, 1.807) is 17.8 Å². The van der Waals surface area contributed by atoms with E-state index in [0.717, 1.165) is 57.0 Å². The van der Waals surface area contributed by atoms with E-state index < -0.39 is 0 Å². The molecule has 0 bridgehead atoms. The lowest BCUT2D eigenvalue weighted by atomic mass is 10.0. The van der Waals surface area contributed by atoms with Crippen LogP contribution in [0.4, 0.5) is 11.4 Å². The van der Waals surface area contributed by atoms with Gasteiger partial charge in [0.2, 0.25) is 0 Å². The number of aromatic nitrogens is 2. The number of pyridine rings is 1. The van der Waals surface area contributed by atoms with Crippen molar-refractivity contribution in [3.8, 4) is 6.07 Å². The zero-order valence-electron chi connectivity index (χ0n) is 19.8. The van der Waals surface area contributed by atoms with Crippen molar-refractivity contribution >= 4 is 16.9 Å². The lowest BCUT2D eigenvalue weighted by Gasteiger charge is -2.43. The monoisotopic (exact) mass is 457 g/mol. The van der Waals surface area contributed by atoms with Gasteiger partial charge in [0, 0.05) is 64.7 Å². The molecule has 3 atom stereocenters. The fourth-order valence-corrected chi connectivity index (χ4v) is 5.93. The summed E-state index contributed by atoms with van der Waals surface area (Å²) < 4.78 is 7.41. The number of nitrogens with zero attached hydrogens (tertiary/aromatic N) is 6. The van der Waals surface area contributed by atoms with Crippen molar-refractivity contribution in [1.82, 2.24) is 19.8 Å². The van der Waals surface area contributed by atoms with Crippen molar-refractivity contribution < 1.29 is 4.74 Å². The van der Waals surface area contributed by atoms with Gasteiger partial charge in [-0.15, -0.1) is 0 Å². The molecule has 176 valence electrons. The van der Waals surface area contributed by atoms with E-state index in [2.05, 4.69) is 62.4 Å². The highest BCUT2D eigenvalue weighted by Gasteiger charge is 2.39. The Morgan fingerprint density at radius 3 is 2.88 bits per heavy atom. The molecule has 2 aromatic heterocycles. The molecule has 0 amide bonds. The Kier molecular flexibility index (Phi) is 5.41. The predicted octanol–water partition coefficient (Wildman–Crippen LogP) is 2.40. The van der Waals surface area contributed by atoms with Crippen LogP contribution in [0.3, 0.4) is 0 Å². The number of ether oxygens (including phenoxy) is 1. The molecule has 1 aromatic carbocycles. The van der Waals surface area contributed by atoms with Crippen molar-refractivity contribution in [1.29, 1.82) is 5.26 Å². The Balaban J connectivity index is 1.29. The predicted molar refractivity (Wildman–Crippen MR) is 132 cm³/mol. The van der Waals surface area contributed by atoms with Gasteiger partial charge in [0.15, 0.2) is 0 Å². The summed E-state index contributed by atoms with van der Waals surface area (Å²) in [5.41, 5.74) is 6.88. The van der Waals surface area contributed by atoms with Crippen molar-refractivity contribution in [2.75, 3.05) is 56.2 Å². The van der Waals surface area contributed by atoms with E-state index in [4.69, 9.17) is 4.74 Å². The number of hydrogen-bond donors (Lipinski definition) is 1. The van der Waals surface area contributed by atoms with E-state index in [1.165, 1.54) is 16.8 Å². The Morgan fingerprint density at radius 1 is 1.12 bits per heavy atom. The summed E-state index contributed by atoms with van der Waals surface area (Å²) in [4.78, 5) is 7.56. The molecule has 3 aliphatic heterocycles. The minimum atomic E-state index is 0.212. The molecule has 6 rings (SSSR count). The van der Waals surface area contributed by atoms with Crippen LogP contribution in [-0.4, -0.2) is 73.0 Å². The first-order chi connectivity index (χ1) is 16.7. The minimum absolute atomic E-state index is 0.212. The second-order valence-electron chi connectivity index (χ2n) is 9.68. The van der Waals surface area contributed by atoms with E-state index >= 15 is 0 Å². The smallest absolute Gasteiger partial charge is 0.142 e. The Morgan fingerprint density at radius 2 is 2.03 bits per heavy atom. The maximum absolute atomic E-state index is 9.45. The number of piperazine rings is 1. The zero-order chi connectivity index (χ0) is 23.2. The number of methoxy groups -OCH3 is 1. The molecule has 5 heterocycles. The highest BCUT2D eigenvalue weighted by Crippen LogP contribution is 2.41. The largest absolute Gasteiger partial charge is 0.378 e. The van der Waals surface area contributed by atoms with Gasteiger partial charge in [0.1, 0.15) is 11.8 Å². The van der Waals surface area contributed by atoms with Crippen LogP contribution in [0.25, 0.3) is 5.52 Å². The first-order valence-corrected chi connectivity index (χ1v) is 12.1. The lowest BCUT2D eigenvalue weighted by molar-refractivity contribution is 0.112. The van der Waals surface area contributed by atoms with Crippen LogP contribution >= 0.6 is 0 Å². The van der Waals surface area contributed by atoms with Gasteiger partial charge in [-0.25, -0.2) is 4.52 Å². The first-order valence-electron chi connectivity index (χ1n) is 12.1. The average molecular weight is 458 g/mol. The average Bonchev–Trinajstić information content (AvgIpc) is 3.41. The molecule has 0 radical (unpaired) electrons. The van der Waals surface area contributed by atoms with Gasteiger partial charge in [-0.1, -0.05) is 6.07 Å². The molecular weight excluding hydrogens is 426 g/mol. The molecule has 8 nitrogen and oxygen atoms in total. The standard InChI is InChI=1S/C26H31N7O/c1-18-14-31(24-6-4-21(12-27)33-25(24)7-8-29-33)17-26-23-5-3-20(11-19(23)15-32(18)26)30-10-9-28-13-22(16-30)34-2/h3-8,11,18,22,26,28H,9-10,13-17H2,1-2H3/t18-,22?,26-/m1/s1. The molecular formula is C26H31N7O. The minimum Gasteiger partial charge on any atom is -0.378 e. The quantitative estimate of drug-likeness (QED) is 0.648. The number of fused-ring (bicyclic) bond motifs is 4. The van der Waals surface area contributed by atoms with Crippen LogP contribution in [0.5, 0.6) is 0 Å². The van der Waals surface area contributed by atoms with E-state index in [1.807, 2.05) is 12.1 Å².